The van der Waals surface area contributed by atoms with E-state index in [1.165, 1.54) is 128 Å². The minimum Gasteiger partial charge on any atom is -0.135 e. The predicted molar refractivity (Wildman–Crippen MR) is 259 cm³/mol. The summed E-state index contributed by atoms with van der Waals surface area (Å²) in [5.41, 5.74) is 13.0. The van der Waals surface area contributed by atoms with Gasteiger partial charge in [0.1, 0.15) is 0 Å². The van der Waals surface area contributed by atoms with Crippen LogP contribution in [0, 0.1) is 0 Å². The SMILES string of the molecule is CC1(C)c2cc(-c3ccc4sc5c6cc7sc8ccccc8c7cc6ccc5c4c3)ccc2-c2ccc(-c3c4ccccc4c(-c4ccccc4)c4ccccc34)cc21. The van der Waals surface area contributed by atoms with E-state index in [0.717, 1.165) is 0 Å². The van der Waals surface area contributed by atoms with Gasteiger partial charge in [-0.15, -0.1) is 22.7 Å². The summed E-state index contributed by atoms with van der Waals surface area (Å²) in [6.07, 6.45) is 0. The van der Waals surface area contributed by atoms with Gasteiger partial charge in [-0.3, -0.25) is 0 Å². The van der Waals surface area contributed by atoms with Crippen LogP contribution in [-0.2, 0) is 5.41 Å². The Hall–Kier alpha value is -6.58. The Labute approximate surface area is 350 Å². The van der Waals surface area contributed by atoms with Crippen LogP contribution in [0.15, 0.2) is 182 Å². The second kappa shape index (κ2) is 12.2. The zero-order valence-electron chi connectivity index (χ0n) is 32.6. The zero-order chi connectivity index (χ0) is 39.0. The second-order valence-electron chi connectivity index (χ2n) is 16.8. The van der Waals surface area contributed by atoms with E-state index in [2.05, 4.69) is 196 Å². The molecule has 13 rings (SSSR count). The lowest BCUT2D eigenvalue weighted by atomic mass is 9.80. The highest BCUT2D eigenvalue weighted by molar-refractivity contribution is 7.27. The summed E-state index contributed by atoms with van der Waals surface area (Å²) in [5.74, 6) is 0. The maximum Gasteiger partial charge on any atom is 0.0434 e. The minimum absolute atomic E-state index is 0.164. The molecule has 12 aromatic rings. The molecule has 0 aliphatic heterocycles. The summed E-state index contributed by atoms with van der Waals surface area (Å²) in [4.78, 5) is 0. The van der Waals surface area contributed by atoms with Crippen molar-refractivity contribution in [2.24, 2.45) is 0 Å². The molecule has 276 valence electrons. The number of hydrogen-bond acceptors (Lipinski definition) is 2. The molecule has 2 aromatic heterocycles. The van der Waals surface area contributed by atoms with Gasteiger partial charge in [0.2, 0.25) is 0 Å². The van der Waals surface area contributed by atoms with Gasteiger partial charge < -0.3 is 0 Å². The second-order valence-corrected chi connectivity index (χ2v) is 18.9. The van der Waals surface area contributed by atoms with Gasteiger partial charge in [0.25, 0.3) is 0 Å². The molecule has 0 saturated carbocycles. The van der Waals surface area contributed by atoms with Crippen LogP contribution in [0.1, 0.15) is 25.0 Å². The van der Waals surface area contributed by atoms with Crippen molar-refractivity contribution in [2.75, 3.05) is 0 Å². The molecule has 0 atom stereocenters. The maximum atomic E-state index is 2.49. The lowest BCUT2D eigenvalue weighted by molar-refractivity contribution is 0.661. The van der Waals surface area contributed by atoms with Crippen molar-refractivity contribution in [3.63, 3.8) is 0 Å². The fourth-order valence-corrected chi connectivity index (χ4v) is 12.7. The normalized spacial score (nSPS) is 13.4. The zero-order valence-corrected chi connectivity index (χ0v) is 34.3. The number of fused-ring (bicyclic) bond motifs is 13. The summed E-state index contributed by atoms with van der Waals surface area (Å²) in [5, 5.41) is 13.2. The van der Waals surface area contributed by atoms with Crippen molar-refractivity contribution in [2.45, 2.75) is 19.3 Å². The predicted octanol–water partition coefficient (Wildman–Crippen LogP) is 17.2. The van der Waals surface area contributed by atoms with Crippen LogP contribution in [-0.4, -0.2) is 0 Å². The summed E-state index contributed by atoms with van der Waals surface area (Å²) in [6.45, 7) is 4.82. The highest BCUT2D eigenvalue weighted by atomic mass is 32.1. The van der Waals surface area contributed by atoms with Crippen LogP contribution in [0.25, 0.3) is 117 Å². The molecule has 0 nitrogen and oxygen atoms in total. The standard InChI is InChI=1S/C57H36S2/c1-57(2)49-30-35(34-23-27-52-48(28-34)45-26-21-36-29-47-40-14-10-11-19-51(40)58-53(47)32-46(36)56(45)59-52)20-24-38(49)39-25-22-37(31-50(39)57)55-43-17-8-6-15-41(43)54(33-12-4-3-5-13-33)42-16-7-9-18-44(42)55/h3-32H,1-2H3. The van der Waals surface area contributed by atoms with Crippen molar-refractivity contribution in [3.05, 3.63) is 193 Å². The molecule has 0 fully saturated rings. The van der Waals surface area contributed by atoms with Crippen molar-refractivity contribution >= 4 is 95.3 Å². The van der Waals surface area contributed by atoms with Crippen LogP contribution < -0.4 is 0 Å². The minimum atomic E-state index is -0.164. The van der Waals surface area contributed by atoms with Gasteiger partial charge in [-0.05, 0) is 125 Å². The van der Waals surface area contributed by atoms with Crippen LogP contribution in [0.3, 0.4) is 0 Å². The summed E-state index contributed by atoms with van der Waals surface area (Å²) in [7, 11) is 0. The van der Waals surface area contributed by atoms with Crippen LogP contribution in [0.5, 0.6) is 0 Å². The molecule has 0 amide bonds. The Morgan fingerprint density at radius 3 is 1.58 bits per heavy atom. The molecule has 0 N–H and O–H groups in total. The van der Waals surface area contributed by atoms with Crippen LogP contribution in [0.2, 0.25) is 0 Å². The van der Waals surface area contributed by atoms with Gasteiger partial charge in [-0.2, -0.15) is 0 Å². The summed E-state index contributed by atoms with van der Waals surface area (Å²) in [6, 6.07) is 68.6. The molecular weight excluding hydrogens is 749 g/mol. The Kier molecular flexibility index (Phi) is 6.92. The summed E-state index contributed by atoms with van der Waals surface area (Å²) < 4.78 is 5.43. The van der Waals surface area contributed by atoms with Crippen molar-refractivity contribution in [1.29, 1.82) is 0 Å². The molecule has 1 aliphatic carbocycles. The first-order chi connectivity index (χ1) is 29.0. The van der Waals surface area contributed by atoms with Crippen LogP contribution in [0.4, 0.5) is 0 Å². The molecule has 2 heteroatoms. The van der Waals surface area contributed by atoms with E-state index < -0.39 is 0 Å². The maximum absolute atomic E-state index is 2.49. The Balaban J connectivity index is 0.922. The van der Waals surface area contributed by atoms with Gasteiger partial charge in [-0.25, -0.2) is 0 Å². The number of rotatable bonds is 3. The van der Waals surface area contributed by atoms with Gasteiger partial charge in [0.05, 0.1) is 0 Å². The fraction of sp³-hybridized carbons (Fsp3) is 0.0526. The van der Waals surface area contributed by atoms with E-state index in [9.17, 15) is 0 Å². The highest BCUT2D eigenvalue weighted by Crippen LogP contribution is 2.53. The Morgan fingerprint density at radius 2 is 0.864 bits per heavy atom. The topological polar surface area (TPSA) is 0 Å². The number of thiophene rings is 2. The molecule has 0 radical (unpaired) electrons. The molecule has 59 heavy (non-hydrogen) atoms. The average molecular weight is 785 g/mol. The quantitative estimate of drug-likeness (QED) is 0.157. The van der Waals surface area contributed by atoms with Crippen molar-refractivity contribution < 1.29 is 0 Å². The molecule has 0 unspecified atom stereocenters. The number of benzene rings is 10. The van der Waals surface area contributed by atoms with Gasteiger partial charge >= 0.3 is 0 Å². The Bertz CT molecular complexity index is 3690. The molecule has 1 aliphatic rings. The van der Waals surface area contributed by atoms with E-state index in [-0.39, 0.29) is 5.41 Å². The molecule has 0 bridgehead atoms. The molecular formula is C57H36S2. The third-order valence-electron chi connectivity index (χ3n) is 13.2. The first-order valence-corrected chi connectivity index (χ1v) is 22.1. The van der Waals surface area contributed by atoms with Gasteiger partial charge in [-0.1, -0.05) is 153 Å². The van der Waals surface area contributed by atoms with E-state index in [1.54, 1.807) is 0 Å². The van der Waals surface area contributed by atoms with E-state index in [0.29, 0.717) is 0 Å². The fourth-order valence-electron chi connectivity index (χ4n) is 10.4. The smallest absolute Gasteiger partial charge is 0.0434 e. The number of hydrogen-bond donors (Lipinski definition) is 0. The molecule has 0 saturated heterocycles. The lowest BCUT2D eigenvalue weighted by Crippen LogP contribution is -2.15. The van der Waals surface area contributed by atoms with E-state index in [1.807, 2.05) is 22.7 Å². The van der Waals surface area contributed by atoms with Crippen molar-refractivity contribution in [3.8, 4) is 44.5 Å². The van der Waals surface area contributed by atoms with E-state index >= 15 is 0 Å². The van der Waals surface area contributed by atoms with E-state index in [4.69, 9.17) is 0 Å². The largest absolute Gasteiger partial charge is 0.135 e. The highest BCUT2D eigenvalue weighted by Gasteiger charge is 2.36. The lowest BCUT2D eigenvalue weighted by Gasteiger charge is -2.23. The van der Waals surface area contributed by atoms with Gasteiger partial charge in [0, 0.05) is 51.1 Å². The first kappa shape index (κ1) is 33.4. The monoisotopic (exact) mass is 784 g/mol. The van der Waals surface area contributed by atoms with Gasteiger partial charge in [0.15, 0.2) is 0 Å². The summed E-state index contributed by atoms with van der Waals surface area (Å²) >= 11 is 3.83. The third kappa shape index (κ3) is 4.76. The molecule has 10 aromatic carbocycles. The first-order valence-electron chi connectivity index (χ1n) is 20.5. The average Bonchev–Trinajstić information content (AvgIpc) is 3.91. The Morgan fingerprint density at radius 1 is 0.322 bits per heavy atom. The third-order valence-corrected chi connectivity index (χ3v) is 15.6. The van der Waals surface area contributed by atoms with Crippen LogP contribution >= 0.6 is 22.7 Å². The molecule has 2 heterocycles. The van der Waals surface area contributed by atoms with Crippen molar-refractivity contribution in [1.82, 2.24) is 0 Å². The molecule has 0 spiro atoms.